The fourth-order valence-corrected chi connectivity index (χ4v) is 1.23. The maximum Gasteiger partial charge on any atom is 0.128 e. The largest absolute Gasteiger partial charge is 0.289 e. The van der Waals surface area contributed by atoms with Crippen LogP contribution in [0.25, 0.3) is 6.08 Å². The average Bonchev–Trinajstić information content (AvgIpc) is 2.04. The van der Waals surface area contributed by atoms with Crippen molar-refractivity contribution in [2.75, 3.05) is 0 Å². The molecule has 0 aliphatic rings. The summed E-state index contributed by atoms with van der Waals surface area (Å²) >= 11 is 11.3. The lowest BCUT2D eigenvalue weighted by Crippen LogP contribution is -1.92. The molecule has 0 aliphatic heterocycles. The van der Waals surface area contributed by atoms with Gasteiger partial charge in [0, 0.05) is 10.6 Å². The van der Waals surface area contributed by atoms with E-state index in [4.69, 9.17) is 28.6 Å². The van der Waals surface area contributed by atoms with Gasteiger partial charge in [0.1, 0.15) is 5.17 Å². The first-order valence-electron chi connectivity index (χ1n) is 3.31. The van der Waals surface area contributed by atoms with Crippen LogP contribution in [0.5, 0.6) is 0 Å². The Balaban J connectivity index is 3.30. The fourth-order valence-electron chi connectivity index (χ4n) is 0.897. The van der Waals surface area contributed by atoms with Crippen LogP contribution in [0.2, 0.25) is 5.02 Å². The minimum atomic E-state index is -0.0209. The van der Waals surface area contributed by atoms with Crippen LogP contribution in [0.15, 0.2) is 24.8 Å². The first kappa shape index (κ1) is 9.30. The lowest BCUT2D eigenvalue weighted by molar-refractivity contribution is 1.51. The van der Waals surface area contributed by atoms with E-state index in [1.807, 2.05) is 0 Å². The lowest BCUT2D eigenvalue weighted by Gasteiger charge is -2.02. The Morgan fingerprint density at radius 3 is 2.67 bits per heavy atom. The third-order valence-electron chi connectivity index (χ3n) is 1.47. The van der Waals surface area contributed by atoms with E-state index in [0.717, 1.165) is 5.56 Å². The second kappa shape index (κ2) is 3.74. The summed E-state index contributed by atoms with van der Waals surface area (Å²) in [4.78, 5) is 0. The zero-order valence-corrected chi connectivity index (χ0v) is 7.78. The van der Waals surface area contributed by atoms with Crippen molar-refractivity contribution in [1.29, 1.82) is 5.41 Å². The second-order valence-corrected chi connectivity index (χ2v) is 3.06. The molecule has 0 bridgehead atoms. The van der Waals surface area contributed by atoms with Crippen LogP contribution in [0.1, 0.15) is 11.1 Å². The Kier molecular flexibility index (Phi) is 2.90. The highest BCUT2D eigenvalue weighted by atomic mass is 35.5. The lowest BCUT2D eigenvalue weighted by atomic mass is 10.1. The van der Waals surface area contributed by atoms with Gasteiger partial charge in [-0.1, -0.05) is 41.9 Å². The maximum atomic E-state index is 7.24. The van der Waals surface area contributed by atoms with Gasteiger partial charge in [0.05, 0.1) is 0 Å². The van der Waals surface area contributed by atoms with E-state index in [-0.39, 0.29) is 5.17 Å². The smallest absolute Gasteiger partial charge is 0.128 e. The van der Waals surface area contributed by atoms with Crippen LogP contribution in [0.4, 0.5) is 0 Å². The molecule has 0 aliphatic carbocycles. The fraction of sp³-hybridized carbons (Fsp3) is 0. The summed E-state index contributed by atoms with van der Waals surface area (Å²) in [5, 5.41) is 7.78. The van der Waals surface area contributed by atoms with Gasteiger partial charge in [-0.25, -0.2) is 0 Å². The molecule has 1 aromatic carbocycles. The molecule has 0 fully saturated rings. The standard InChI is InChI=1S/C9H7Cl2N/c1-2-6-3-4-7(10)5-8(6)9(11)12/h2-5,12H,1H2. The molecule has 0 atom stereocenters. The Morgan fingerprint density at radius 2 is 2.17 bits per heavy atom. The molecule has 0 radical (unpaired) electrons. The number of nitrogens with one attached hydrogen (secondary N) is 1. The summed E-state index contributed by atoms with van der Waals surface area (Å²) in [6.07, 6.45) is 1.64. The summed E-state index contributed by atoms with van der Waals surface area (Å²) < 4.78 is 0. The third-order valence-corrected chi connectivity index (χ3v) is 1.91. The zero-order valence-electron chi connectivity index (χ0n) is 6.27. The number of benzene rings is 1. The molecule has 1 nitrogen and oxygen atoms in total. The van der Waals surface area contributed by atoms with Gasteiger partial charge in [0.2, 0.25) is 0 Å². The molecule has 3 heteroatoms. The topological polar surface area (TPSA) is 23.9 Å². The number of hydrogen-bond donors (Lipinski definition) is 1. The van der Waals surface area contributed by atoms with Gasteiger partial charge in [0.25, 0.3) is 0 Å². The van der Waals surface area contributed by atoms with Crippen LogP contribution in [0, 0.1) is 5.41 Å². The molecule has 0 amide bonds. The van der Waals surface area contributed by atoms with Crippen molar-refractivity contribution in [3.05, 3.63) is 40.9 Å². The molecule has 12 heavy (non-hydrogen) atoms. The van der Waals surface area contributed by atoms with E-state index >= 15 is 0 Å². The van der Waals surface area contributed by atoms with Gasteiger partial charge in [-0.15, -0.1) is 0 Å². The van der Waals surface area contributed by atoms with Crippen molar-refractivity contribution in [2.24, 2.45) is 0 Å². The highest BCUT2D eigenvalue weighted by molar-refractivity contribution is 6.69. The molecule has 0 aromatic heterocycles. The predicted octanol–water partition coefficient (Wildman–Crippen LogP) is 3.55. The first-order valence-corrected chi connectivity index (χ1v) is 4.07. The van der Waals surface area contributed by atoms with Gasteiger partial charge in [0.15, 0.2) is 0 Å². The molecule has 62 valence electrons. The number of hydrogen-bond acceptors (Lipinski definition) is 1. The van der Waals surface area contributed by atoms with E-state index in [1.165, 1.54) is 0 Å². The van der Waals surface area contributed by atoms with E-state index in [2.05, 4.69) is 6.58 Å². The average molecular weight is 200 g/mol. The minimum absolute atomic E-state index is 0.0209. The second-order valence-electron chi connectivity index (χ2n) is 2.25. The van der Waals surface area contributed by atoms with Crippen LogP contribution < -0.4 is 0 Å². The summed E-state index contributed by atoms with van der Waals surface area (Å²) in [7, 11) is 0. The highest BCUT2D eigenvalue weighted by Gasteiger charge is 2.03. The normalized spacial score (nSPS) is 9.50. The molecular formula is C9H7Cl2N. The SMILES string of the molecule is C=Cc1ccc(Cl)cc1C(=N)Cl. The molecule has 1 rings (SSSR count). The summed E-state index contributed by atoms with van der Waals surface area (Å²) in [5.41, 5.74) is 1.43. The van der Waals surface area contributed by atoms with Crippen LogP contribution in [-0.4, -0.2) is 5.17 Å². The van der Waals surface area contributed by atoms with Gasteiger partial charge in [-0.05, 0) is 17.7 Å². The first-order chi connectivity index (χ1) is 5.65. The van der Waals surface area contributed by atoms with Crippen LogP contribution in [0.3, 0.4) is 0 Å². The van der Waals surface area contributed by atoms with E-state index < -0.39 is 0 Å². The highest BCUT2D eigenvalue weighted by Crippen LogP contribution is 2.18. The summed E-state index contributed by atoms with van der Waals surface area (Å²) in [6, 6.07) is 5.16. The Morgan fingerprint density at radius 1 is 1.50 bits per heavy atom. The van der Waals surface area contributed by atoms with Gasteiger partial charge >= 0.3 is 0 Å². The van der Waals surface area contributed by atoms with Crippen LogP contribution >= 0.6 is 23.2 Å². The van der Waals surface area contributed by atoms with Gasteiger partial charge in [-0.3, -0.25) is 5.41 Å². The molecular weight excluding hydrogens is 193 g/mol. The van der Waals surface area contributed by atoms with Gasteiger partial charge in [-0.2, -0.15) is 0 Å². The molecule has 0 heterocycles. The minimum Gasteiger partial charge on any atom is -0.289 e. The van der Waals surface area contributed by atoms with Crippen molar-refractivity contribution in [2.45, 2.75) is 0 Å². The summed E-state index contributed by atoms with van der Waals surface area (Å²) in [6.45, 7) is 3.61. The summed E-state index contributed by atoms with van der Waals surface area (Å²) in [5.74, 6) is 0. The van der Waals surface area contributed by atoms with Gasteiger partial charge < -0.3 is 0 Å². The van der Waals surface area contributed by atoms with Crippen molar-refractivity contribution >= 4 is 34.4 Å². The van der Waals surface area contributed by atoms with E-state index in [9.17, 15) is 0 Å². The number of halogens is 2. The molecule has 0 spiro atoms. The Labute approximate surface area is 81.1 Å². The van der Waals surface area contributed by atoms with Crippen LogP contribution in [-0.2, 0) is 0 Å². The monoisotopic (exact) mass is 199 g/mol. The van der Waals surface area contributed by atoms with E-state index in [0.29, 0.717) is 10.6 Å². The van der Waals surface area contributed by atoms with Crippen molar-refractivity contribution in [1.82, 2.24) is 0 Å². The van der Waals surface area contributed by atoms with Crippen molar-refractivity contribution < 1.29 is 0 Å². The predicted molar refractivity (Wildman–Crippen MR) is 54.2 cm³/mol. The molecule has 1 aromatic rings. The molecule has 1 N–H and O–H groups in total. The van der Waals surface area contributed by atoms with Crippen molar-refractivity contribution in [3.8, 4) is 0 Å². The Hall–Kier alpha value is -0.790. The quantitative estimate of drug-likeness (QED) is 0.706. The molecule has 0 saturated carbocycles. The molecule has 0 unspecified atom stereocenters. The number of rotatable bonds is 2. The van der Waals surface area contributed by atoms with E-state index in [1.54, 1.807) is 24.3 Å². The zero-order chi connectivity index (χ0) is 9.14. The van der Waals surface area contributed by atoms with Crippen molar-refractivity contribution in [3.63, 3.8) is 0 Å². The maximum absolute atomic E-state index is 7.24. The third kappa shape index (κ3) is 1.87. The Bertz CT molecular complexity index is 331. The molecule has 0 saturated heterocycles.